The Morgan fingerprint density at radius 1 is 1.38 bits per heavy atom. The lowest BCUT2D eigenvalue weighted by Crippen LogP contribution is -2.05. The Morgan fingerprint density at radius 3 is 3.00 bits per heavy atom. The highest BCUT2D eigenvalue weighted by Crippen LogP contribution is 2.26. The van der Waals surface area contributed by atoms with Crippen molar-refractivity contribution in [3.8, 4) is 0 Å². The van der Waals surface area contributed by atoms with Gasteiger partial charge in [0.05, 0.1) is 0 Å². The van der Waals surface area contributed by atoms with Crippen LogP contribution in [0.5, 0.6) is 0 Å². The summed E-state index contributed by atoms with van der Waals surface area (Å²) in [5.74, 6) is 0.738. The van der Waals surface area contributed by atoms with Crippen LogP contribution in [0.25, 0.3) is 6.08 Å². The molecular weight excluding hydrogens is 284 g/mol. The number of H-pyrrole nitrogens is 1. The number of aromatic amines is 1. The van der Waals surface area contributed by atoms with Crippen molar-refractivity contribution >= 4 is 24.5 Å². The first-order valence-corrected chi connectivity index (χ1v) is 7.30. The molecule has 1 N–H and O–H groups in total. The molecule has 1 aliphatic heterocycles. The van der Waals surface area contributed by atoms with Crippen LogP contribution in [0.2, 0.25) is 0 Å². The summed E-state index contributed by atoms with van der Waals surface area (Å²) in [6, 6.07) is 10.1. The molecule has 1 atom stereocenters. The van der Waals surface area contributed by atoms with Crippen LogP contribution in [0.15, 0.2) is 41.5 Å². The van der Waals surface area contributed by atoms with Gasteiger partial charge in [0.25, 0.3) is 0 Å². The Balaban J connectivity index is 1.75. The van der Waals surface area contributed by atoms with E-state index < -0.39 is 0 Å². The molecule has 5 nitrogen and oxygen atoms in total. The molecular formula is C15H16N4OS. The Morgan fingerprint density at radius 2 is 2.24 bits per heavy atom. The Kier molecular flexibility index (Phi) is 4.37. The third-order valence-electron chi connectivity index (χ3n) is 3.25. The highest BCUT2D eigenvalue weighted by atomic mass is 32.1. The maximum Gasteiger partial charge on any atom is 0.216 e. The smallest absolute Gasteiger partial charge is 0.216 e. The van der Waals surface area contributed by atoms with Crippen molar-refractivity contribution in [3.63, 3.8) is 0 Å². The molecule has 0 radical (unpaired) electrons. The second-order valence-electron chi connectivity index (χ2n) is 4.73. The predicted octanol–water partition coefficient (Wildman–Crippen LogP) is 3.34. The molecule has 21 heavy (non-hydrogen) atoms. The minimum Gasteiger partial charge on any atom is -0.370 e. The van der Waals surface area contributed by atoms with Gasteiger partial charge in [-0.25, -0.2) is 0 Å². The fourth-order valence-corrected chi connectivity index (χ4v) is 2.41. The van der Waals surface area contributed by atoms with E-state index in [1.54, 1.807) is 10.9 Å². The average Bonchev–Trinajstić information content (AvgIpc) is 3.15. The predicted molar refractivity (Wildman–Crippen MR) is 84.7 cm³/mol. The zero-order valence-corrected chi connectivity index (χ0v) is 12.3. The van der Waals surface area contributed by atoms with Crippen molar-refractivity contribution in [3.05, 3.63) is 52.6 Å². The molecule has 0 spiro atoms. The van der Waals surface area contributed by atoms with Crippen LogP contribution in [0.4, 0.5) is 0 Å². The molecule has 1 saturated heterocycles. The van der Waals surface area contributed by atoms with Gasteiger partial charge in [-0.05, 0) is 36.7 Å². The number of nitrogens with one attached hydrogen (secondary N) is 1. The molecule has 2 heterocycles. The number of aromatic nitrogens is 3. The van der Waals surface area contributed by atoms with E-state index in [1.165, 1.54) is 0 Å². The van der Waals surface area contributed by atoms with Gasteiger partial charge in [-0.2, -0.15) is 14.9 Å². The molecule has 0 unspecified atom stereocenters. The van der Waals surface area contributed by atoms with Crippen molar-refractivity contribution in [1.82, 2.24) is 14.9 Å². The summed E-state index contributed by atoms with van der Waals surface area (Å²) in [6.07, 6.45) is 7.55. The molecule has 1 aliphatic rings. The topological polar surface area (TPSA) is 55.2 Å². The maximum atomic E-state index is 5.63. The zero-order valence-electron chi connectivity index (χ0n) is 11.5. The van der Waals surface area contributed by atoms with Gasteiger partial charge in [-0.15, -0.1) is 0 Å². The number of hydrogen-bond acceptors (Lipinski definition) is 4. The molecule has 1 aromatic heterocycles. The van der Waals surface area contributed by atoms with Crippen LogP contribution in [-0.4, -0.2) is 27.7 Å². The van der Waals surface area contributed by atoms with Crippen LogP contribution in [0.3, 0.4) is 0 Å². The molecule has 0 aliphatic carbocycles. The Bertz CT molecular complexity index is 696. The van der Waals surface area contributed by atoms with E-state index in [9.17, 15) is 0 Å². The monoisotopic (exact) mass is 300 g/mol. The summed E-state index contributed by atoms with van der Waals surface area (Å²) in [5.41, 5.74) is 1.12. The quantitative estimate of drug-likeness (QED) is 0.696. The number of hydrogen-bond donors (Lipinski definition) is 1. The Hall–Kier alpha value is -2.05. The van der Waals surface area contributed by atoms with Crippen molar-refractivity contribution in [2.45, 2.75) is 18.9 Å². The summed E-state index contributed by atoms with van der Waals surface area (Å²) in [7, 11) is 0. The summed E-state index contributed by atoms with van der Waals surface area (Å²) < 4.78 is 7.73. The molecule has 1 fully saturated rings. The van der Waals surface area contributed by atoms with Crippen molar-refractivity contribution < 1.29 is 4.74 Å². The van der Waals surface area contributed by atoms with Gasteiger partial charge in [0.2, 0.25) is 4.77 Å². The number of ether oxygens (including phenoxy) is 1. The molecule has 1 aromatic carbocycles. The third kappa shape index (κ3) is 3.34. The lowest BCUT2D eigenvalue weighted by molar-refractivity contribution is 0.102. The molecule has 2 aromatic rings. The summed E-state index contributed by atoms with van der Waals surface area (Å²) in [4.78, 5) is 0. The van der Waals surface area contributed by atoms with Gasteiger partial charge >= 0.3 is 0 Å². The Labute approximate surface area is 128 Å². The summed E-state index contributed by atoms with van der Waals surface area (Å²) in [5, 5.41) is 11.3. The zero-order chi connectivity index (χ0) is 14.5. The molecule has 0 saturated carbocycles. The number of rotatable bonds is 4. The van der Waals surface area contributed by atoms with E-state index in [2.05, 4.69) is 15.3 Å². The van der Waals surface area contributed by atoms with Crippen LogP contribution in [0.1, 0.15) is 30.3 Å². The third-order valence-corrected chi connectivity index (χ3v) is 3.51. The van der Waals surface area contributed by atoms with Crippen LogP contribution >= 0.6 is 12.2 Å². The second-order valence-corrected chi connectivity index (χ2v) is 5.12. The normalized spacial score (nSPS) is 19.0. The van der Waals surface area contributed by atoms with E-state index in [-0.39, 0.29) is 6.10 Å². The average molecular weight is 300 g/mol. The fourth-order valence-electron chi connectivity index (χ4n) is 2.23. The summed E-state index contributed by atoms with van der Waals surface area (Å²) in [6.45, 7) is 0.766. The van der Waals surface area contributed by atoms with E-state index in [4.69, 9.17) is 17.0 Å². The van der Waals surface area contributed by atoms with Crippen molar-refractivity contribution in [2.24, 2.45) is 5.10 Å². The largest absolute Gasteiger partial charge is 0.370 e. The van der Waals surface area contributed by atoms with Gasteiger partial charge in [-0.3, -0.25) is 5.10 Å². The molecule has 0 amide bonds. The van der Waals surface area contributed by atoms with Crippen LogP contribution < -0.4 is 0 Å². The minimum atomic E-state index is -0.0202. The molecule has 3 rings (SSSR count). The lowest BCUT2D eigenvalue weighted by Gasteiger charge is -2.06. The fraction of sp³-hybridized carbons (Fsp3) is 0.267. The van der Waals surface area contributed by atoms with Gasteiger partial charge in [-0.1, -0.05) is 36.4 Å². The number of allylic oxidation sites excluding steroid dienone is 1. The summed E-state index contributed by atoms with van der Waals surface area (Å²) >= 11 is 5.20. The minimum absolute atomic E-state index is 0.0202. The first-order chi connectivity index (χ1) is 10.3. The SMILES string of the molecule is S=c1[nH]nc([C@@H]2CCCO2)n1/N=C\C=C\c1ccccc1. The highest BCUT2D eigenvalue weighted by molar-refractivity contribution is 7.71. The van der Waals surface area contributed by atoms with E-state index in [0.29, 0.717) is 4.77 Å². The van der Waals surface area contributed by atoms with Gasteiger partial charge in [0.15, 0.2) is 5.82 Å². The second kappa shape index (κ2) is 6.60. The van der Waals surface area contributed by atoms with Gasteiger partial charge in [0, 0.05) is 12.8 Å². The van der Waals surface area contributed by atoms with Crippen LogP contribution in [-0.2, 0) is 4.74 Å². The van der Waals surface area contributed by atoms with Gasteiger partial charge in [0.1, 0.15) is 6.10 Å². The van der Waals surface area contributed by atoms with Crippen LogP contribution in [0, 0.1) is 4.77 Å². The molecule has 108 valence electrons. The van der Waals surface area contributed by atoms with Crippen molar-refractivity contribution in [2.75, 3.05) is 6.61 Å². The lowest BCUT2D eigenvalue weighted by atomic mass is 10.2. The first-order valence-electron chi connectivity index (χ1n) is 6.89. The van der Waals surface area contributed by atoms with E-state index in [0.717, 1.165) is 30.8 Å². The standard InChI is InChI=1S/C15H16N4OS/c21-15-18-17-14(13-9-5-11-20-13)19(15)16-10-4-8-12-6-2-1-3-7-12/h1-4,6-8,10,13H,5,9,11H2,(H,18,21)/b8-4+,16-10-/t13-/m0/s1. The maximum absolute atomic E-state index is 5.63. The van der Waals surface area contributed by atoms with E-state index in [1.807, 2.05) is 42.5 Å². The molecule has 0 bridgehead atoms. The first kappa shape index (κ1) is 13.9. The van der Waals surface area contributed by atoms with Crippen molar-refractivity contribution in [1.29, 1.82) is 0 Å². The number of benzene rings is 1. The number of nitrogens with zero attached hydrogens (tertiary/aromatic N) is 3. The molecule has 6 heteroatoms. The van der Waals surface area contributed by atoms with E-state index >= 15 is 0 Å². The highest BCUT2D eigenvalue weighted by Gasteiger charge is 2.23. The van der Waals surface area contributed by atoms with Gasteiger partial charge < -0.3 is 4.74 Å².